The molecule has 3 N–H and O–H groups in total. The number of halogens is 3. The van der Waals surface area contributed by atoms with Crippen LogP contribution in [0.1, 0.15) is 0 Å². The first-order chi connectivity index (χ1) is 7.12. The Morgan fingerprint density at radius 2 is 1.69 bits per heavy atom. The molecule has 1 saturated heterocycles. The quantitative estimate of drug-likeness (QED) is 0.574. The molecule has 0 aromatic carbocycles. The smallest absolute Gasteiger partial charge is 0.389 e. The van der Waals surface area contributed by atoms with Gasteiger partial charge in [0.25, 0.3) is 10.2 Å². The highest BCUT2D eigenvalue weighted by atomic mass is 32.2. The molecule has 0 radical (unpaired) electrons. The normalized spacial score (nSPS) is 28.6. The molecule has 6 nitrogen and oxygen atoms in total. The number of rotatable bonds is 3. The van der Waals surface area contributed by atoms with Gasteiger partial charge in [-0.3, -0.25) is 0 Å². The van der Waals surface area contributed by atoms with Crippen molar-refractivity contribution in [2.75, 3.05) is 19.6 Å². The molecule has 0 aromatic heterocycles. The fourth-order valence-electron chi connectivity index (χ4n) is 1.20. The maximum atomic E-state index is 11.8. The zero-order valence-electron chi connectivity index (χ0n) is 7.98. The highest BCUT2D eigenvalue weighted by molar-refractivity contribution is 7.87. The second kappa shape index (κ2) is 4.45. The van der Waals surface area contributed by atoms with Gasteiger partial charge in [0.1, 0.15) is 6.54 Å². The predicted octanol–water partition coefficient (Wildman–Crippen LogP) is -1.58. The lowest BCUT2D eigenvalue weighted by atomic mass is 10.3. The van der Waals surface area contributed by atoms with E-state index in [4.69, 9.17) is 10.2 Å². The number of aliphatic hydroxyl groups excluding tert-OH is 2. The third-order valence-electron chi connectivity index (χ3n) is 2.02. The van der Waals surface area contributed by atoms with Gasteiger partial charge < -0.3 is 10.2 Å². The minimum Gasteiger partial charge on any atom is -0.389 e. The molecule has 2 unspecified atom stereocenters. The summed E-state index contributed by atoms with van der Waals surface area (Å²) in [6.07, 6.45) is -7.20. The van der Waals surface area contributed by atoms with E-state index in [9.17, 15) is 21.6 Å². The molecule has 1 heterocycles. The molecule has 1 rings (SSSR count). The van der Waals surface area contributed by atoms with E-state index in [0.29, 0.717) is 4.31 Å². The number of hydrogen-bond donors (Lipinski definition) is 3. The molecule has 0 saturated carbocycles. The average Bonchev–Trinajstić information content (AvgIpc) is 2.44. The van der Waals surface area contributed by atoms with Crippen LogP contribution < -0.4 is 4.72 Å². The molecule has 0 amide bonds. The fourth-order valence-corrected chi connectivity index (χ4v) is 2.42. The average molecular weight is 264 g/mol. The van der Waals surface area contributed by atoms with Gasteiger partial charge >= 0.3 is 6.18 Å². The number of β-amino-alcohol motifs (C(OH)–C–C–N with tert-alkyl or cyclic N) is 2. The Labute approximate surface area is 89.8 Å². The topological polar surface area (TPSA) is 89.9 Å². The Kier molecular flexibility index (Phi) is 3.80. The molecule has 0 spiro atoms. The van der Waals surface area contributed by atoms with Crippen molar-refractivity contribution in [3.63, 3.8) is 0 Å². The number of nitrogens with zero attached hydrogens (tertiary/aromatic N) is 1. The van der Waals surface area contributed by atoms with Crippen LogP contribution in [-0.4, -0.2) is 61.0 Å². The number of hydrogen-bond acceptors (Lipinski definition) is 4. The lowest BCUT2D eigenvalue weighted by Crippen LogP contribution is -2.43. The van der Waals surface area contributed by atoms with Gasteiger partial charge in [0.15, 0.2) is 0 Å². The lowest BCUT2D eigenvalue weighted by Gasteiger charge is -2.16. The zero-order valence-corrected chi connectivity index (χ0v) is 8.79. The summed E-state index contributed by atoms with van der Waals surface area (Å²) in [5.74, 6) is 0. The molecule has 16 heavy (non-hydrogen) atoms. The van der Waals surface area contributed by atoms with Gasteiger partial charge in [-0.2, -0.15) is 30.6 Å². The molecule has 0 bridgehead atoms. The molecule has 2 atom stereocenters. The summed E-state index contributed by atoms with van der Waals surface area (Å²) < 4.78 is 59.8. The van der Waals surface area contributed by atoms with Crippen LogP contribution in [0, 0.1) is 0 Å². The maximum Gasteiger partial charge on any atom is 0.402 e. The Bertz CT molecular complexity index is 334. The molecule has 10 heteroatoms. The van der Waals surface area contributed by atoms with Crippen molar-refractivity contribution in [3.05, 3.63) is 0 Å². The van der Waals surface area contributed by atoms with Crippen LogP contribution in [0.15, 0.2) is 0 Å². The monoisotopic (exact) mass is 264 g/mol. The zero-order chi connectivity index (χ0) is 12.6. The summed E-state index contributed by atoms with van der Waals surface area (Å²) in [6, 6.07) is 0. The minimum atomic E-state index is -4.65. The van der Waals surface area contributed by atoms with Crippen LogP contribution in [0.4, 0.5) is 13.2 Å². The van der Waals surface area contributed by atoms with E-state index >= 15 is 0 Å². The summed E-state index contributed by atoms with van der Waals surface area (Å²) in [5, 5.41) is 18.1. The largest absolute Gasteiger partial charge is 0.402 e. The van der Waals surface area contributed by atoms with Gasteiger partial charge in [-0.15, -0.1) is 0 Å². The molecule has 1 aliphatic rings. The van der Waals surface area contributed by atoms with Gasteiger partial charge in [-0.1, -0.05) is 0 Å². The number of nitrogens with one attached hydrogen (secondary N) is 1. The fraction of sp³-hybridized carbons (Fsp3) is 1.00. The summed E-state index contributed by atoms with van der Waals surface area (Å²) >= 11 is 0. The van der Waals surface area contributed by atoms with Gasteiger partial charge in [0.05, 0.1) is 12.2 Å². The molecule has 96 valence electrons. The van der Waals surface area contributed by atoms with Crippen molar-refractivity contribution in [1.29, 1.82) is 0 Å². The summed E-state index contributed by atoms with van der Waals surface area (Å²) in [6.45, 7) is -2.53. The van der Waals surface area contributed by atoms with E-state index in [1.165, 1.54) is 4.72 Å². The lowest BCUT2D eigenvalue weighted by molar-refractivity contribution is -0.121. The van der Waals surface area contributed by atoms with E-state index in [2.05, 4.69) is 0 Å². The van der Waals surface area contributed by atoms with Crippen molar-refractivity contribution < 1.29 is 31.8 Å². The summed E-state index contributed by atoms with van der Waals surface area (Å²) in [4.78, 5) is 0. The second-order valence-corrected chi connectivity index (χ2v) is 5.15. The number of alkyl halides is 3. The van der Waals surface area contributed by atoms with Crippen LogP contribution in [-0.2, 0) is 10.2 Å². The first kappa shape index (κ1) is 13.6. The van der Waals surface area contributed by atoms with Gasteiger partial charge in [0, 0.05) is 13.1 Å². The molecule has 0 aliphatic carbocycles. The molecular weight excluding hydrogens is 253 g/mol. The third-order valence-corrected chi connectivity index (χ3v) is 3.51. The molecule has 0 aromatic rings. The van der Waals surface area contributed by atoms with Crippen LogP contribution in [0.25, 0.3) is 0 Å². The van der Waals surface area contributed by atoms with Gasteiger partial charge in [-0.25, -0.2) is 0 Å². The first-order valence-corrected chi connectivity index (χ1v) is 5.73. The maximum absolute atomic E-state index is 11.8. The van der Waals surface area contributed by atoms with E-state index in [1.807, 2.05) is 0 Å². The van der Waals surface area contributed by atoms with Crippen molar-refractivity contribution in [1.82, 2.24) is 9.03 Å². The SMILES string of the molecule is O=S(=O)(NCC(F)(F)F)N1CC(O)C(O)C1. The first-order valence-electron chi connectivity index (χ1n) is 4.29. The third kappa shape index (κ3) is 3.56. The molecule has 1 aliphatic heterocycles. The van der Waals surface area contributed by atoms with Crippen molar-refractivity contribution in [3.8, 4) is 0 Å². The second-order valence-electron chi connectivity index (χ2n) is 3.39. The van der Waals surface area contributed by atoms with Crippen LogP contribution in [0.2, 0.25) is 0 Å². The van der Waals surface area contributed by atoms with Crippen molar-refractivity contribution >= 4 is 10.2 Å². The standard InChI is InChI=1S/C6H11F3N2O4S/c7-6(8,9)3-10-16(14,15)11-1-4(12)5(13)2-11/h4-5,10,12-13H,1-3H2. The van der Waals surface area contributed by atoms with Crippen LogP contribution in [0.3, 0.4) is 0 Å². The molecular formula is C6H11F3N2O4S. The Morgan fingerprint density at radius 3 is 2.06 bits per heavy atom. The van der Waals surface area contributed by atoms with Gasteiger partial charge in [0.2, 0.25) is 0 Å². The Hall–Kier alpha value is -0.420. The number of aliphatic hydroxyl groups is 2. The van der Waals surface area contributed by atoms with E-state index < -0.39 is 48.2 Å². The van der Waals surface area contributed by atoms with Crippen LogP contribution >= 0.6 is 0 Å². The van der Waals surface area contributed by atoms with Crippen LogP contribution in [0.5, 0.6) is 0 Å². The highest BCUT2D eigenvalue weighted by Crippen LogP contribution is 2.16. The van der Waals surface area contributed by atoms with E-state index in [-0.39, 0.29) is 0 Å². The van der Waals surface area contributed by atoms with E-state index in [1.54, 1.807) is 0 Å². The summed E-state index contributed by atoms with van der Waals surface area (Å²) in [7, 11) is -4.32. The minimum absolute atomic E-state index is 0.422. The Morgan fingerprint density at radius 1 is 1.25 bits per heavy atom. The highest BCUT2D eigenvalue weighted by Gasteiger charge is 2.38. The molecule has 1 fully saturated rings. The van der Waals surface area contributed by atoms with Crippen molar-refractivity contribution in [2.45, 2.75) is 18.4 Å². The van der Waals surface area contributed by atoms with Gasteiger partial charge in [-0.05, 0) is 0 Å². The van der Waals surface area contributed by atoms with Crippen molar-refractivity contribution in [2.24, 2.45) is 0 Å². The summed E-state index contributed by atoms with van der Waals surface area (Å²) in [5.41, 5.74) is 0. The predicted molar refractivity (Wildman–Crippen MR) is 46.6 cm³/mol. The van der Waals surface area contributed by atoms with E-state index in [0.717, 1.165) is 0 Å². The Balaban J connectivity index is 2.59.